The molecule has 2 aromatic carbocycles. The van der Waals surface area contributed by atoms with Gasteiger partial charge in [-0.3, -0.25) is 5.43 Å². The van der Waals surface area contributed by atoms with Crippen molar-refractivity contribution in [2.45, 2.75) is 13.8 Å². The van der Waals surface area contributed by atoms with E-state index in [4.69, 9.17) is 28.6 Å². The summed E-state index contributed by atoms with van der Waals surface area (Å²) in [5, 5.41) is 18.6. The van der Waals surface area contributed by atoms with Gasteiger partial charge in [0.25, 0.3) is 0 Å². The van der Waals surface area contributed by atoms with Gasteiger partial charge in [0, 0.05) is 10.7 Å². The highest BCUT2D eigenvalue weighted by molar-refractivity contribution is 7.80. The van der Waals surface area contributed by atoms with Gasteiger partial charge in [0.1, 0.15) is 12.4 Å². The van der Waals surface area contributed by atoms with Crippen molar-refractivity contribution in [1.82, 2.24) is 5.43 Å². The predicted molar refractivity (Wildman–Crippen MR) is 105 cm³/mol. The van der Waals surface area contributed by atoms with Gasteiger partial charge in [-0.15, -0.1) is 0 Å². The third-order valence-electron chi connectivity index (χ3n) is 3.47. The molecule has 0 spiro atoms. The van der Waals surface area contributed by atoms with Crippen LogP contribution in [0.5, 0.6) is 5.75 Å². The van der Waals surface area contributed by atoms with Crippen LogP contribution >= 0.6 is 23.8 Å². The van der Waals surface area contributed by atoms with Crippen LogP contribution in [0.25, 0.3) is 0 Å². The standard InChI is InChI=1S/C18H18ClN3O3S/c1-11-15(19)4-3-5-16(11)20-18(26)22-21-12(2)13-6-8-14(9-7-13)25-10-17(23)24/h3-9H,10H2,1-2H3,(H,23,24)(H2,20,22,26)/p-1/b21-12-. The van der Waals surface area contributed by atoms with Crippen molar-refractivity contribution in [3.8, 4) is 5.75 Å². The first kappa shape index (κ1) is 19.7. The molecule has 0 saturated carbocycles. The van der Waals surface area contributed by atoms with Gasteiger partial charge in [0.2, 0.25) is 0 Å². The van der Waals surface area contributed by atoms with Crippen LogP contribution in [0.1, 0.15) is 18.1 Å². The van der Waals surface area contributed by atoms with Crippen molar-refractivity contribution in [2.75, 3.05) is 11.9 Å². The summed E-state index contributed by atoms with van der Waals surface area (Å²) in [7, 11) is 0. The molecule has 0 radical (unpaired) electrons. The van der Waals surface area contributed by atoms with Crippen LogP contribution < -0.4 is 20.6 Å². The number of hydrogen-bond acceptors (Lipinski definition) is 5. The Bertz CT molecular complexity index is 838. The number of ether oxygens (including phenoxy) is 1. The van der Waals surface area contributed by atoms with Crippen molar-refractivity contribution in [1.29, 1.82) is 0 Å². The second-order valence-electron chi connectivity index (χ2n) is 5.36. The molecule has 136 valence electrons. The summed E-state index contributed by atoms with van der Waals surface area (Å²) in [6.45, 7) is 3.22. The molecule has 0 atom stereocenters. The molecule has 0 aliphatic rings. The van der Waals surface area contributed by atoms with E-state index in [2.05, 4.69) is 15.8 Å². The second kappa shape index (κ2) is 9.17. The summed E-state index contributed by atoms with van der Waals surface area (Å²) in [4.78, 5) is 10.4. The Morgan fingerprint density at radius 2 is 1.96 bits per heavy atom. The maximum atomic E-state index is 10.4. The zero-order chi connectivity index (χ0) is 19.1. The molecule has 0 unspecified atom stereocenters. The van der Waals surface area contributed by atoms with E-state index in [0.29, 0.717) is 21.6 Å². The fourth-order valence-corrected chi connectivity index (χ4v) is 2.36. The first-order chi connectivity index (χ1) is 12.4. The van der Waals surface area contributed by atoms with Crippen LogP contribution in [-0.2, 0) is 4.79 Å². The first-order valence-electron chi connectivity index (χ1n) is 7.66. The molecule has 0 bridgehead atoms. The Hall–Kier alpha value is -2.64. The lowest BCUT2D eigenvalue weighted by atomic mass is 10.1. The van der Waals surface area contributed by atoms with Crippen LogP contribution in [0.3, 0.4) is 0 Å². The van der Waals surface area contributed by atoms with E-state index in [1.165, 1.54) is 0 Å². The minimum atomic E-state index is -1.27. The maximum absolute atomic E-state index is 10.4. The topological polar surface area (TPSA) is 85.8 Å². The largest absolute Gasteiger partial charge is 0.546 e. The van der Waals surface area contributed by atoms with Crippen LogP contribution in [0, 0.1) is 6.92 Å². The fourth-order valence-electron chi connectivity index (χ4n) is 2.03. The Kier molecular flexibility index (Phi) is 6.94. The highest BCUT2D eigenvalue weighted by Gasteiger charge is 2.04. The predicted octanol–water partition coefficient (Wildman–Crippen LogP) is 2.49. The molecule has 0 saturated heterocycles. The van der Waals surface area contributed by atoms with Crippen molar-refractivity contribution in [2.24, 2.45) is 5.10 Å². The molecule has 26 heavy (non-hydrogen) atoms. The molecule has 8 heteroatoms. The third kappa shape index (κ3) is 5.72. The van der Waals surface area contributed by atoms with Gasteiger partial charge in [-0.1, -0.05) is 17.7 Å². The Morgan fingerprint density at radius 1 is 1.27 bits per heavy atom. The van der Waals surface area contributed by atoms with Crippen molar-refractivity contribution in [3.63, 3.8) is 0 Å². The van der Waals surface area contributed by atoms with E-state index in [-0.39, 0.29) is 0 Å². The minimum Gasteiger partial charge on any atom is -0.546 e. The number of nitrogens with one attached hydrogen (secondary N) is 2. The average Bonchev–Trinajstić information content (AvgIpc) is 2.62. The smallest absolute Gasteiger partial charge is 0.191 e. The number of halogens is 1. The highest BCUT2D eigenvalue weighted by atomic mass is 35.5. The molecule has 0 aliphatic carbocycles. The normalized spacial score (nSPS) is 11.0. The van der Waals surface area contributed by atoms with Gasteiger partial charge in [0.15, 0.2) is 5.11 Å². The second-order valence-corrected chi connectivity index (χ2v) is 6.18. The molecule has 0 aromatic heterocycles. The molecule has 0 heterocycles. The Morgan fingerprint density at radius 3 is 2.62 bits per heavy atom. The van der Waals surface area contributed by atoms with Gasteiger partial charge in [-0.05, 0) is 73.6 Å². The maximum Gasteiger partial charge on any atom is 0.191 e. The number of carboxylic acid groups (broad SMARTS) is 1. The summed E-state index contributed by atoms with van der Waals surface area (Å²) in [5.41, 5.74) is 6.01. The molecular weight excluding hydrogens is 374 g/mol. The fraction of sp³-hybridized carbons (Fsp3) is 0.167. The van der Waals surface area contributed by atoms with Crippen LogP contribution in [0.15, 0.2) is 47.6 Å². The summed E-state index contributed by atoms with van der Waals surface area (Å²) in [6, 6.07) is 12.4. The number of benzene rings is 2. The van der Waals surface area contributed by atoms with Crippen molar-refractivity contribution in [3.05, 3.63) is 58.6 Å². The lowest BCUT2D eigenvalue weighted by Gasteiger charge is -2.11. The van der Waals surface area contributed by atoms with Gasteiger partial charge >= 0.3 is 0 Å². The Labute approximate surface area is 161 Å². The summed E-state index contributed by atoms with van der Waals surface area (Å²) >= 11 is 11.3. The van der Waals surface area contributed by atoms with Crippen LogP contribution in [0.4, 0.5) is 5.69 Å². The number of rotatable bonds is 6. The molecule has 0 aliphatic heterocycles. The van der Waals surface area contributed by atoms with Gasteiger partial charge in [-0.2, -0.15) is 5.10 Å². The molecule has 2 N–H and O–H groups in total. The third-order valence-corrected chi connectivity index (χ3v) is 4.07. The number of hydrazone groups is 1. The first-order valence-corrected chi connectivity index (χ1v) is 8.45. The number of thiocarbonyl (C=S) groups is 1. The van der Waals surface area contributed by atoms with E-state index < -0.39 is 12.6 Å². The summed E-state index contributed by atoms with van der Waals surface area (Å²) in [5.74, 6) is -0.834. The van der Waals surface area contributed by atoms with Crippen LogP contribution in [-0.4, -0.2) is 23.4 Å². The van der Waals surface area contributed by atoms with Gasteiger partial charge in [0.05, 0.1) is 11.7 Å². The molecular formula is C18H17ClN3O3S-. The van der Waals surface area contributed by atoms with Crippen molar-refractivity contribution >= 4 is 46.3 Å². The highest BCUT2D eigenvalue weighted by Crippen LogP contribution is 2.22. The zero-order valence-electron chi connectivity index (χ0n) is 14.2. The van der Waals surface area contributed by atoms with Crippen molar-refractivity contribution < 1.29 is 14.6 Å². The van der Waals surface area contributed by atoms with Gasteiger partial charge < -0.3 is 20.0 Å². The lowest BCUT2D eigenvalue weighted by Crippen LogP contribution is -2.28. The number of hydrogen-bond donors (Lipinski definition) is 2. The number of anilines is 1. The minimum absolute atomic E-state index is 0.337. The molecule has 6 nitrogen and oxygen atoms in total. The van der Waals surface area contributed by atoms with E-state index in [0.717, 1.165) is 16.8 Å². The monoisotopic (exact) mass is 390 g/mol. The number of carboxylic acids is 1. The quantitative estimate of drug-likeness (QED) is 0.447. The average molecular weight is 391 g/mol. The number of nitrogens with zero attached hydrogens (tertiary/aromatic N) is 1. The molecule has 2 aromatic rings. The van der Waals surface area contributed by atoms with E-state index >= 15 is 0 Å². The Balaban J connectivity index is 1.95. The molecule has 0 fully saturated rings. The summed E-state index contributed by atoms with van der Waals surface area (Å²) < 4.78 is 5.03. The SMILES string of the molecule is C/C(=N/NC(=S)Nc1cccc(Cl)c1C)c1ccc(OCC(=O)[O-])cc1. The number of carbonyl (C=O) groups is 1. The lowest BCUT2D eigenvalue weighted by molar-refractivity contribution is -0.307. The molecule has 2 rings (SSSR count). The van der Waals surface area contributed by atoms with E-state index in [1.807, 2.05) is 26.0 Å². The van der Waals surface area contributed by atoms with E-state index in [9.17, 15) is 9.90 Å². The zero-order valence-corrected chi connectivity index (χ0v) is 15.8. The molecule has 0 amide bonds. The van der Waals surface area contributed by atoms with E-state index in [1.54, 1.807) is 30.3 Å². The van der Waals surface area contributed by atoms with Crippen LogP contribution in [0.2, 0.25) is 5.02 Å². The number of aliphatic carboxylic acids is 1. The van der Waals surface area contributed by atoms with Gasteiger partial charge in [-0.25, -0.2) is 0 Å². The number of carbonyl (C=O) groups excluding carboxylic acids is 1. The summed E-state index contributed by atoms with van der Waals surface area (Å²) in [6.07, 6.45) is 0.